The van der Waals surface area contributed by atoms with Crippen molar-refractivity contribution in [1.29, 1.82) is 0 Å². The predicted octanol–water partition coefficient (Wildman–Crippen LogP) is -1.20. The molecule has 0 saturated heterocycles. The second-order valence-corrected chi connectivity index (χ2v) is 2.03. The zero-order valence-corrected chi connectivity index (χ0v) is 8.10. The summed E-state index contributed by atoms with van der Waals surface area (Å²) in [5, 5.41) is 8.72. The van der Waals surface area contributed by atoms with Gasteiger partial charge in [0.25, 0.3) is 0 Å². The van der Waals surface area contributed by atoms with E-state index >= 15 is 0 Å². The minimum absolute atomic E-state index is 0. The van der Waals surface area contributed by atoms with E-state index in [-0.39, 0.29) is 36.7 Å². The molecular formula is C6H7NaOS. The summed E-state index contributed by atoms with van der Waals surface area (Å²) < 4.78 is 0. The molecule has 0 aromatic heterocycles. The molecule has 1 aromatic carbocycles. The average Bonchev–Trinajstić information content (AvgIpc) is 1.77. The molecule has 1 rings (SSSR count). The average molecular weight is 150 g/mol. The SMILES string of the molecule is Oc1ccc(S)cc1.[H-].[Na+]. The molecule has 1 nitrogen and oxygen atoms in total. The Balaban J connectivity index is 0. The minimum atomic E-state index is 0. The summed E-state index contributed by atoms with van der Waals surface area (Å²) >= 11 is 4.02. The van der Waals surface area contributed by atoms with Crippen LogP contribution in [-0.4, -0.2) is 5.11 Å². The number of benzene rings is 1. The van der Waals surface area contributed by atoms with Gasteiger partial charge in [0.15, 0.2) is 0 Å². The van der Waals surface area contributed by atoms with Crippen molar-refractivity contribution in [2.24, 2.45) is 0 Å². The molecule has 0 radical (unpaired) electrons. The van der Waals surface area contributed by atoms with E-state index in [0.717, 1.165) is 4.90 Å². The van der Waals surface area contributed by atoms with Crippen LogP contribution in [0, 0.1) is 0 Å². The number of hydrogen-bond acceptors (Lipinski definition) is 2. The Morgan fingerprint density at radius 1 is 1.22 bits per heavy atom. The Morgan fingerprint density at radius 2 is 1.67 bits per heavy atom. The Morgan fingerprint density at radius 3 is 2.00 bits per heavy atom. The summed E-state index contributed by atoms with van der Waals surface area (Å²) in [5.74, 6) is 0.280. The van der Waals surface area contributed by atoms with Crippen LogP contribution in [0.4, 0.5) is 0 Å². The van der Waals surface area contributed by atoms with Crippen LogP contribution >= 0.6 is 12.6 Å². The molecular weight excluding hydrogens is 143 g/mol. The van der Waals surface area contributed by atoms with Gasteiger partial charge in [0, 0.05) is 4.90 Å². The molecule has 0 unspecified atom stereocenters. The molecule has 0 amide bonds. The van der Waals surface area contributed by atoms with Crippen LogP contribution in [0.25, 0.3) is 0 Å². The zero-order valence-electron chi connectivity index (χ0n) is 6.20. The second-order valence-electron chi connectivity index (χ2n) is 1.52. The number of phenols is 1. The first-order valence-corrected chi connectivity index (χ1v) is 2.72. The van der Waals surface area contributed by atoms with Crippen molar-refractivity contribution in [2.75, 3.05) is 0 Å². The molecule has 1 N–H and O–H groups in total. The maximum absolute atomic E-state index is 8.72. The van der Waals surface area contributed by atoms with Crippen LogP contribution in [-0.2, 0) is 0 Å². The van der Waals surface area contributed by atoms with Crippen molar-refractivity contribution in [3.8, 4) is 5.75 Å². The summed E-state index contributed by atoms with van der Waals surface area (Å²) in [6, 6.07) is 6.67. The maximum Gasteiger partial charge on any atom is 1.00 e. The van der Waals surface area contributed by atoms with E-state index in [1.54, 1.807) is 24.3 Å². The molecule has 0 aliphatic carbocycles. The molecule has 0 bridgehead atoms. The van der Waals surface area contributed by atoms with Crippen molar-refractivity contribution < 1.29 is 36.1 Å². The van der Waals surface area contributed by atoms with E-state index < -0.39 is 0 Å². The zero-order chi connectivity index (χ0) is 5.98. The van der Waals surface area contributed by atoms with Crippen LogP contribution in [0.15, 0.2) is 29.2 Å². The Bertz CT molecular complexity index is 157. The van der Waals surface area contributed by atoms with Gasteiger partial charge in [0.1, 0.15) is 5.75 Å². The Kier molecular flexibility index (Phi) is 4.40. The molecule has 9 heavy (non-hydrogen) atoms. The monoisotopic (exact) mass is 150 g/mol. The van der Waals surface area contributed by atoms with Crippen LogP contribution in [0.1, 0.15) is 1.43 Å². The topological polar surface area (TPSA) is 20.2 Å². The summed E-state index contributed by atoms with van der Waals surface area (Å²) in [4.78, 5) is 0.864. The van der Waals surface area contributed by atoms with Gasteiger partial charge in [-0.1, -0.05) is 0 Å². The van der Waals surface area contributed by atoms with E-state index in [4.69, 9.17) is 5.11 Å². The van der Waals surface area contributed by atoms with E-state index in [0.29, 0.717) is 0 Å². The van der Waals surface area contributed by atoms with Crippen LogP contribution in [0.2, 0.25) is 0 Å². The Hall–Kier alpha value is 0.370. The quantitative estimate of drug-likeness (QED) is 0.351. The van der Waals surface area contributed by atoms with Crippen LogP contribution < -0.4 is 29.6 Å². The minimum Gasteiger partial charge on any atom is -1.00 e. The third-order valence-electron chi connectivity index (χ3n) is 0.850. The summed E-state index contributed by atoms with van der Waals surface area (Å²) in [5.41, 5.74) is 0. The van der Waals surface area contributed by atoms with E-state index in [1.807, 2.05) is 0 Å². The predicted molar refractivity (Wildman–Crippen MR) is 36.5 cm³/mol. The van der Waals surface area contributed by atoms with E-state index in [2.05, 4.69) is 12.6 Å². The van der Waals surface area contributed by atoms with Gasteiger partial charge < -0.3 is 6.53 Å². The third kappa shape index (κ3) is 3.16. The van der Waals surface area contributed by atoms with Gasteiger partial charge in [-0.15, -0.1) is 12.6 Å². The molecule has 0 aliphatic heterocycles. The Labute approximate surface area is 83.3 Å². The summed E-state index contributed by atoms with van der Waals surface area (Å²) in [6.07, 6.45) is 0. The van der Waals surface area contributed by atoms with Gasteiger partial charge >= 0.3 is 29.6 Å². The van der Waals surface area contributed by atoms with Gasteiger partial charge in [0.05, 0.1) is 0 Å². The largest absolute Gasteiger partial charge is 1.00 e. The first-order valence-electron chi connectivity index (χ1n) is 2.27. The first kappa shape index (κ1) is 9.37. The van der Waals surface area contributed by atoms with Crippen molar-refractivity contribution in [3.63, 3.8) is 0 Å². The van der Waals surface area contributed by atoms with E-state index in [9.17, 15) is 0 Å². The summed E-state index contributed by atoms with van der Waals surface area (Å²) in [7, 11) is 0. The fourth-order valence-electron chi connectivity index (χ4n) is 0.453. The maximum atomic E-state index is 8.72. The number of aromatic hydroxyl groups is 1. The number of rotatable bonds is 0. The fourth-order valence-corrected chi connectivity index (χ4v) is 0.602. The molecule has 3 heteroatoms. The van der Waals surface area contributed by atoms with Crippen molar-refractivity contribution >= 4 is 12.6 Å². The van der Waals surface area contributed by atoms with Crippen molar-refractivity contribution in [1.82, 2.24) is 0 Å². The second kappa shape index (κ2) is 4.23. The fraction of sp³-hybridized carbons (Fsp3) is 0. The summed E-state index contributed by atoms with van der Waals surface area (Å²) in [6.45, 7) is 0. The molecule has 0 atom stereocenters. The van der Waals surface area contributed by atoms with Gasteiger partial charge in [-0.2, -0.15) is 0 Å². The smallest absolute Gasteiger partial charge is 1.00 e. The molecule has 0 fully saturated rings. The van der Waals surface area contributed by atoms with E-state index in [1.165, 1.54) is 0 Å². The van der Waals surface area contributed by atoms with Gasteiger partial charge in [-0.3, -0.25) is 0 Å². The molecule has 1 aromatic rings. The van der Waals surface area contributed by atoms with Gasteiger partial charge in [-0.25, -0.2) is 0 Å². The van der Waals surface area contributed by atoms with Crippen LogP contribution in [0.5, 0.6) is 5.75 Å². The molecule has 0 saturated carbocycles. The van der Waals surface area contributed by atoms with Gasteiger partial charge in [0.2, 0.25) is 0 Å². The standard InChI is InChI=1S/C6H6OS.Na.H/c7-5-1-3-6(8)4-2-5;;/h1-4,7-8H;;/q;+1;-1. The molecule has 0 spiro atoms. The molecule has 0 aliphatic rings. The molecule has 44 valence electrons. The van der Waals surface area contributed by atoms with Crippen molar-refractivity contribution in [3.05, 3.63) is 24.3 Å². The third-order valence-corrected chi connectivity index (χ3v) is 1.15. The van der Waals surface area contributed by atoms with Crippen molar-refractivity contribution in [2.45, 2.75) is 4.90 Å². The normalized spacial score (nSPS) is 8.11. The number of phenolic OH excluding ortho intramolecular Hbond substituents is 1. The number of hydrogen-bond donors (Lipinski definition) is 2. The number of thiol groups is 1. The van der Waals surface area contributed by atoms with Crippen LogP contribution in [0.3, 0.4) is 0 Å². The van der Waals surface area contributed by atoms with Gasteiger partial charge in [-0.05, 0) is 24.3 Å². The first-order chi connectivity index (χ1) is 3.79. The molecule has 0 heterocycles.